The second-order valence-electron chi connectivity index (χ2n) is 5.09. The first-order valence-electron chi connectivity index (χ1n) is 7.39. The molecule has 2 aromatic rings. The Labute approximate surface area is 141 Å². The Morgan fingerprint density at radius 1 is 1.25 bits per heavy atom. The molecule has 2 rings (SSSR count). The zero-order valence-electron chi connectivity index (χ0n) is 13.4. The molecule has 1 aromatic carbocycles. The van der Waals surface area contributed by atoms with Gasteiger partial charge in [0.1, 0.15) is 16.8 Å². The molecule has 0 bridgehead atoms. The fourth-order valence-corrected chi connectivity index (χ4v) is 3.53. The maximum absolute atomic E-state index is 12.8. The number of carbonyl (C=O) groups is 1. The Balaban J connectivity index is 2.27. The number of benzene rings is 1. The zero-order valence-corrected chi connectivity index (χ0v) is 14.2. The fourth-order valence-electron chi connectivity index (χ4n) is 2.11. The van der Waals surface area contributed by atoms with Crippen LogP contribution in [0.2, 0.25) is 0 Å². The molecule has 8 heteroatoms. The number of sulfonamides is 1. The van der Waals surface area contributed by atoms with Gasteiger partial charge >= 0.3 is 5.97 Å². The Morgan fingerprint density at radius 3 is 2.42 bits per heavy atom. The molecule has 24 heavy (non-hydrogen) atoms. The van der Waals surface area contributed by atoms with Gasteiger partial charge < -0.3 is 10.4 Å². The number of para-hydroxylation sites is 1. The van der Waals surface area contributed by atoms with Gasteiger partial charge in [0, 0.05) is 12.7 Å². The second kappa shape index (κ2) is 7.31. The molecule has 7 nitrogen and oxygen atoms in total. The molecule has 0 aliphatic heterocycles. The van der Waals surface area contributed by atoms with Crippen molar-refractivity contribution in [3.8, 4) is 0 Å². The van der Waals surface area contributed by atoms with E-state index >= 15 is 0 Å². The zero-order chi connectivity index (χ0) is 17.7. The van der Waals surface area contributed by atoms with Gasteiger partial charge in [-0.1, -0.05) is 18.2 Å². The minimum Gasteiger partial charge on any atom is -0.480 e. The molecule has 0 saturated carbocycles. The first-order chi connectivity index (χ1) is 11.4. The number of aromatic nitrogens is 1. The quantitative estimate of drug-likeness (QED) is 0.795. The molecule has 0 aliphatic rings. The van der Waals surface area contributed by atoms with Crippen molar-refractivity contribution in [2.45, 2.75) is 24.8 Å². The summed E-state index contributed by atoms with van der Waals surface area (Å²) in [6, 6.07) is 10.8. The summed E-state index contributed by atoms with van der Waals surface area (Å²) in [7, 11) is -3.74. The second-order valence-corrected chi connectivity index (χ2v) is 6.95. The van der Waals surface area contributed by atoms with Crippen LogP contribution in [0.25, 0.3) is 0 Å². The van der Waals surface area contributed by atoms with E-state index in [2.05, 4.69) is 10.3 Å². The van der Waals surface area contributed by atoms with Crippen LogP contribution < -0.4 is 9.62 Å². The summed E-state index contributed by atoms with van der Waals surface area (Å²) in [5, 5.41) is 11.5. The molecule has 1 aromatic heterocycles. The first kappa shape index (κ1) is 17.7. The van der Waals surface area contributed by atoms with Gasteiger partial charge in [-0.15, -0.1) is 0 Å². The maximum Gasteiger partial charge on any atom is 0.325 e. The topological polar surface area (TPSA) is 99.6 Å². The van der Waals surface area contributed by atoms with E-state index in [1.807, 2.05) is 6.07 Å². The highest BCUT2D eigenvalue weighted by molar-refractivity contribution is 7.92. The van der Waals surface area contributed by atoms with Gasteiger partial charge in [0.15, 0.2) is 0 Å². The third-order valence-electron chi connectivity index (χ3n) is 3.39. The van der Waals surface area contributed by atoms with Crippen LogP contribution >= 0.6 is 0 Å². The van der Waals surface area contributed by atoms with Crippen LogP contribution in [-0.4, -0.2) is 37.1 Å². The van der Waals surface area contributed by atoms with Crippen LogP contribution in [0.4, 0.5) is 11.5 Å². The fraction of sp³-hybridized carbons (Fsp3) is 0.250. The van der Waals surface area contributed by atoms with Crippen LogP contribution in [0.5, 0.6) is 0 Å². The highest BCUT2D eigenvalue weighted by Crippen LogP contribution is 2.23. The average Bonchev–Trinajstić information content (AvgIpc) is 2.56. The van der Waals surface area contributed by atoms with Crippen molar-refractivity contribution in [1.82, 2.24) is 4.98 Å². The van der Waals surface area contributed by atoms with Gasteiger partial charge in [0.05, 0.1) is 5.69 Å². The van der Waals surface area contributed by atoms with Crippen molar-refractivity contribution in [3.63, 3.8) is 0 Å². The summed E-state index contributed by atoms with van der Waals surface area (Å²) < 4.78 is 26.8. The Bertz CT molecular complexity index is 792. The molecular formula is C16H19N3O4S. The summed E-state index contributed by atoms with van der Waals surface area (Å²) in [6.07, 6.45) is 1.22. The van der Waals surface area contributed by atoms with Crippen molar-refractivity contribution in [3.05, 3.63) is 48.7 Å². The van der Waals surface area contributed by atoms with E-state index in [1.165, 1.54) is 29.6 Å². The molecule has 1 heterocycles. The van der Waals surface area contributed by atoms with E-state index in [0.29, 0.717) is 11.5 Å². The van der Waals surface area contributed by atoms with Crippen molar-refractivity contribution >= 4 is 27.5 Å². The molecule has 0 amide bonds. The molecule has 128 valence electrons. The first-order valence-corrected chi connectivity index (χ1v) is 8.83. The molecular weight excluding hydrogens is 330 g/mol. The summed E-state index contributed by atoms with van der Waals surface area (Å²) in [6.45, 7) is 3.51. The van der Waals surface area contributed by atoms with Gasteiger partial charge in [0.25, 0.3) is 10.0 Å². The standard InChI is InChI=1S/C16H19N3O4S/c1-3-19(13-7-5-4-6-8-13)24(22,23)14-9-10-15(17-11-14)18-12(2)16(20)21/h4-12H,3H2,1-2H3,(H,17,18)(H,20,21)/t12-/m1/s1. The normalized spacial score (nSPS) is 12.4. The van der Waals surface area contributed by atoms with Gasteiger partial charge in [-0.25, -0.2) is 13.4 Å². The number of nitrogens with one attached hydrogen (secondary N) is 1. The Morgan fingerprint density at radius 2 is 1.92 bits per heavy atom. The third kappa shape index (κ3) is 3.83. The lowest BCUT2D eigenvalue weighted by Gasteiger charge is -2.22. The highest BCUT2D eigenvalue weighted by atomic mass is 32.2. The largest absolute Gasteiger partial charge is 0.480 e. The molecule has 0 aliphatic carbocycles. The highest BCUT2D eigenvalue weighted by Gasteiger charge is 2.24. The number of hydrogen-bond acceptors (Lipinski definition) is 5. The monoisotopic (exact) mass is 349 g/mol. The van der Waals surface area contributed by atoms with Gasteiger partial charge in [-0.3, -0.25) is 9.10 Å². The van der Waals surface area contributed by atoms with E-state index < -0.39 is 22.0 Å². The minimum absolute atomic E-state index is 0.0433. The van der Waals surface area contributed by atoms with E-state index in [0.717, 1.165) is 0 Å². The van der Waals surface area contributed by atoms with Gasteiger partial charge in [-0.05, 0) is 38.1 Å². The number of carboxylic acid groups (broad SMARTS) is 1. The molecule has 0 radical (unpaired) electrons. The predicted octanol–water partition coefficient (Wildman–Crippen LogP) is 2.18. The van der Waals surface area contributed by atoms with Crippen LogP contribution in [0.3, 0.4) is 0 Å². The number of hydrogen-bond donors (Lipinski definition) is 2. The van der Waals surface area contributed by atoms with Gasteiger partial charge in [0.2, 0.25) is 0 Å². The lowest BCUT2D eigenvalue weighted by Crippen LogP contribution is -2.31. The van der Waals surface area contributed by atoms with Crippen LogP contribution in [0.1, 0.15) is 13.8 Å². The summed E-state index contributed by atoms with van der Waals surface area (Å²) in [5.74, 6) is -0.721. The van der Waals surface area contributed by atoms with E-state index in [1.54, 1.807) is 31.2 Å². The third-order valence-corrected chi connectivity index (χ3v) is 5.28. The predicted molar refractivity (Wildman–Crippen MR) is 91.6 cm³/mol. The number of pyridine rings is 1. The number of rotatable bonds is 7. The average molecular weight is 349 g/mol. The van der Waals surface area contributed by atoms with Crippen molar-refractivity contribution in [1.29, 1.82) is 0 Å². The lowest BCUT2D eigenvalue weighted by atomic mass is 10.3. The van der Waals surface area contributed by atoms with E-state index in [4.69, 9.17) is 5.11 Å². The Hall–Kier alpha value is -2.61. The number of anilines is 2. The summed E-state index contributed by atoms with van der Waals surface area (Å²) >= 11 is 0. The maximum atomic E-state index is 12.8. The van der Waals surface area contributed by atoms with Crippen molar-refractivity contribution in [2.24, 2.45) is 0 Å². The molecule has 2 N–H and O–H groups in total. The number of aliphatic carboxylic acids is 1. The SMILES string of the molecule is CCN(c1ccccc1)S(=O)(=O)c1ccc(N[C@H](C)C(=O)O)nc1. The number of nitrogens with zero attached hydrogens (tertiary/aromatic N) is 2. The minimum atomic E-state index is -3.74. The van der Waals surface area contributed by atoms with Gasteiger partial charge in [-0.2, -0.15) is 0 Å². The number of carboxylic acids is 1. The molecule has 0 saturated heterocycles. The summed E-state index contributed by atoms with van der Waals surface area (Å²) in [4.78, 5) is 14.9. The molecule has 0 unspecified atom stereocenters. The van der Waals surface area contributed by atoms with E-state index in [-0.39, 0.29) is 11.4 Å². The van der Waals surface area contributed by atoms with Crippen LogP contribution in [-0.2, 0) is 14.8 Å². The van der Waals surface area contributed by atoms with Crippen molar-refractivity contribution in [2.75, 3.05) is 16.2 Å². The van der Waals surface area contributed by atoms with Crippen molar-refractivity contribution < 1.29 is 18.3 Å². The summed E-state index contributed by atoms with van der Waals surface area (Å²) in [5.41, 5.74) is 0.571. The van der Waals surface area contributed by atoms with Crippen LogP contribution in [0, 0.1) is 0 Å². The van der Waals surface area contributed by atoms with E-state index in [9.17, 15) is 13.2 Å². The molecule has 0 fully saturated rings. The smallest absolute Gasteiger partial charge is 0.325 e. The lowest BCUT2D eigenvalue weighted by molar-refractivity contribution is -0.137. The molecule has 0 spiro atoms. The van der Waals surface area contributed by atoms with Crippen LogP contribution in [0.15, 0.2) is 53.6 Å². The molecule has 1 atom stereocenters. The Kier molecular flexibility index (Phi) is 5.40.